The smallest absolute Gasteiger partial charge is 0.0241 e. The zero-order valence-corrected chi connectivity index (χ0v) is 12.1. The van der Waals surface area contributed by atoms with Crippen molar-refractivity contribution in [3.05, 3.63) is 37.0 Å². The molecule has 1 heteroatoms. The van der Waals surface area contributed by atoms with Crippen LogP contribution in [0.25, 0.3) is 0 Å². The lowest BCUT2D eigenvalue weighted by Gasteiger charge is -2.43. The molecular weight excluding hydrogens is 260 g/mol. The predicted octanol–water partition coefficient (Wildman–Crippen LogP) is 5.12. The van der Waals surface area contributed by atoms with Gasteiger partial charge in [-0.3, -0.25) is 0 Å². The lowest BCUT2D eigenvalue weighted by molar-refractivity contribution is 0.170. The van der Waals surface area contributed by atoms with E-state index in [2.05, 4.69) is 55.6 Å². The monoisotopic (exact) mass is 282 g/mol. The third kappa shape index (κ3) is 2.68. The van der Waals surface area contributed by atoms with Crippen LogP contribution in [0.15, 0.2) is 37.0 Å². The minimum absolute atomic E-state index is 0.231. The molecule has 0 heterocycles. The molecule has 0 aromatic rings. The van der Waals surface area contributed by atoms with Crippen molar-refractivity contribution in [1.29, 1.82) is 0 Å². The van der Waals surface area contributed by atoms with Crippen molar-refractivity contribution in [3.63, 3.8) is 0 Å². The van der Waals surface area contributed by atoms with Gasteiger partial charge in [0.1, 0.15) is 0 Å². The van der Waals surface area contributed by atoms with E-state index in [1.165, 1.54) is 30.4 Å². The fourth-order valence-electron chi connectivity index (χ4n) is 2.82. The van der Waals surface area contributed by atoms with E-state index in [1.54, 1.807) is 0 Å². The zero-order chi connectivity index (χ0) is 12.3. The molecule has 90 valence electrons. The molecule has 1 aliphatic rings. The lowest BCUT2D eigenvalue weighted by atomic mass is 9.61. The molecule has 0 amide bonds. The van der Waals surface area contributed by atoms with Gasteiger partial charge in [0, 0.05) is 5.33 Å². The molecule has 16 heavy (non-hydrogen) atoms. The molecule has 0 nitrogen and oxygen atoms in total. The summed E-state index contributed by atoms with van der Waals surface area (Å²) in [5.74, 6) is 1.20. The maximum Gasteiger partial charge on any atom is 0.0241 e. The van der Waals surface area contributed by atoms with Crippen molar-refractivity contribution in [2.75, 3.05) is 5.33 Å². The quantitative estimate of drug-likeness (QED) is 0.496. The second kappa shape index (κ2) is 5.35. The van der Waals surface area contributed by atoms with E-state index in [1.807, 2.05) is 0 Å². The molecule has 1 saturated carbocycles. The van der Waals surface area contributed by atoms with E-state index in [-0.39, 0.29) is 5.41 Å². The van der Waals surface area contributed by atoms with Gasteiger partial charge >= 0.3 is 0 Å². The van der Waals surface area contributed by atoms with Crippen LogP contribution in [0.2, 0.25) is 0 Å². The molecule has 0 radical (unpaired) electrons. The van der Waals surface area contributed by atoms with Crippen molar-refractivity contribution in [3.8, 4) is 0 Å². The largest absolute Gasteiger partial charge is 0.103 e. The summed E-state index contributed by atoms with van der Waals surface area (Å²) >= 11 is 3.51. The molecule has 0 spiro atoms. The van der Waals surface area contributed by atoms with Crippen molar-refractivity contribution in [2.45, 2.75) is 33.1 Å². The molecule has 0 saturated heterocycles. The highest BCUT2D eigenvalue weighted by Crippen LogP contribution is 2.48. The van der Waals surface area contributed by atoms with Crippen LogP contribution in [0.3, 0.4) is 0 Å². The van der Waals surface area contributed by atoms with E-state index in [9.17, 15) is 0 Å². The lowest BCUT2D eigenvalue weighted by Crippen LogP contribution is -2.34. The van der Waals surface area contributed by atoms with Crippen LogP contribution in [-0.4, -0.2) is 5.33 Å². The molecule has 0 aliphatic heterocycles. The average molecular weight is 283 g/mol. The first-order valence-electron chi connectivity index (χ1n) is 5.97. The van der Waals surface area contributed by atoms with E-state index < -0.39 is 0 Å². The number of hydrogen-bond donors (Lipinski definition) is 0. The number of halogens is 1. The molecular formula is C15H23Br. The molecule has 0 bridgehead atoms. The minimum atomic E-state index is 0.231. The van der Waals surface area contributed by atoms with Crippen LogP contribution in [0.4, 0.5) is 0 Å². The molecule has 3 atom stereocenters. The predicted molar refractivity (Wildman–Crippen MR) is 76.9 cm³/mol. The molecule has 1 aliphatic carbocycles. The second-order valence-corrected chi connectivity index (χ2v) is 5.93. The Morgan fingerprint density at radius 1 is 1.50 bits per heavy atom. The summed E-state index contributed by atoms with van der Waals surface area (Å²) in [7, 11) is 0. The molecule has 0 unspecified atom stereocenters. The Balaban J connectivity index is 2.85. The van der Waals surface area contributed by atoms with Crippen molar-refractivity contribution in [2.24, 2.45) is 17.3 Å². The van der Waals surface area contributed by atoms with E-state index in [0.717, 1.165) is 5.33 Å². The summed E-state index contributed by atoms with van der Waals surface area (Å²) in [4.78, 5) is 0. The number of alkyl halides is 1. The molecule has 0 aromatic carbocycles. The topological polar surface area (TPSA) is 0 Å². The molecule has 0 aromatic heterocycles. The third-order valence-electron chi connectivity index (χ3n) is 4.16. The summed E-state index contributed by atoms with van der Waals surface area (Å²) in [5.41, 5.74) is 2.85. The van der Waals surface area contributed by atoms with Gasteiger partial charge in [-0.1, -0.05) is 53.2 Å². The van der Waals surface area contributed by atoms with Gasteiger partial charge in [-0.2, -0.15) is 0 Å². The Bertz CT molecular complexity index is 303. The summed E-state index contributed by atoms with van der Waals surface area (Å²) in [5, 5.41) is 0.922. The van der Waals surface area contributed by atoms with Gasteiger partial charge in [0.25, 0.3) is 0 Å². The van der Waals surface area contributed by atoms with Crippen LogP contribution >= 0.6 is 15.9 Å². The summed E-state index contributed by atoms with van der Waals surface area (Å²) in [6.07, 6.45) is 5.74. The molecule has 1 fully saturated rings. The van der Waals surface area contributed by atoms with Gasteiger partial charge in [0.15, 0.2) is 0 Å². The van der Waals surface area contributed by atoms with Gasteiger partial charge in [0.05, 0.1) is 0 Å². The maximum atomic E-state index is 4.16. The third-order valence-corrected chi connectivity index (χ3v) is 4.88. The van der Waals surface area contributed by atoms with Crippen LogP contribution in [0, 0.1) is 17.3 Å². The van der Waals surface area contributed by atoms with Crippen molar-refractivity contribution >= 4 is 15.9 Å². The first-order chi connectivity index (χ1) is 7.44. The Morgan fingerprint density at radius 2 is 2.12 bits per heavy atom. The summed E-state index contributed by atoms with van der Waals surface area (Å²) < 4.78 is 0. The number of hydrogen-bond acceptors (Lipinski definition) is 0. The van der Waals surface area contributed by atoms with Crippen LogP contribution in [-0.2, 0) is 0 Å². The van der Waals surface area contributed by atoms with Crippen LogP contribution in [0.5, 0.6) is 0 Å². The normalized spacial score (nSPS) is 34.4. The minimum Gasteiger partial charge on any atom is -0.103 e. The van der Waals surface area contributed by atoms with E-state index >= 15 is 0 Å². The van der Waals surface area contributed by atoms with Gasteiger partial charge in [0.2, 0.25) is 0 Å². The Kier molecular flexibility index (Phi) is 4.61. The van der Waals surface area contributed by atoms with Crippen molar-refractivity contribution < 1.29 is 0 Å². The molecule has 0 N–H and O–H groups in total. The van der Waals surface area contributed by atoms with Gasteiger partial charge < -0.3 is 0 Å². The maximum absolute atomic E-state index is 4.16. The SMILES string of the molecule is C=C[C@]1(C)CC[C@@H](C(=C)CBr)C[C@H]1C(=C)C. The van der Waals surface area contributed by atoms with Crippen LogP contribution < -0.4 is 0 Å². The Labute approximate surface area is 109 Å². The zero-order valence-electron chi connectivity index (χ0n) is 10.6. The highest BCUT2D eigenvalue weighted by atomic mass is 79.9. The Hall–Kier alpha value is -0.300. The molecule has 1 rings (SSSR count). The second-order valence-electron chi connectivity index (χ2n) is 5.37. The number of rotatable bonds is 4. The van der Waals surface area contributed by atoms with E-state index in [4.69, 9.17) is 0 Å². The van der Waals surface area contributed by atoms with Crippen LogP contribution in [0.1, 0.15) is 33.1 Å². The first kappa shape index (κ1) is 13.8. The van der Waals surface area contributed by atoms with E-state index in [0.29, 0.717) is 11.8 Å². The average Bonchev–Trinajstić information content (AvgIpc) is 2.28. The Morgan fingerprint density at radius 3 is 2.56 bits per heavy atom. The van der Waals surface area contributed by atoms with Crippen molar-refractivity contribution in [1.82, 2.24) is 0 Å². The van der Waals surface area contributed by atoms with Gasteiger partial charge in [-0.05, 0) is 43.4 Å². The van der Waals surface area contributed by atoms with Gasteiger partial charge in [-0.15, -0.1) is 6.58 Å². The fraction of sp³-hybridized carbons (Fsp3) is 0.600. The standard InChI is InChI=1S/C15H23Br/c1-6-15(5)8-7-13(12(4)10-16)9-14(15)11(2)3/h6,13-14H,1-2,4,7-10H2,3,5H3/t13-,14+,15-/m1/s1. The highest BCUT2D eigenvalue weighted by Gasteiger charge is 2.38. The first-order valence-corrected chi connectivity index (χ1v) is 7.09. The summed E-state index contributed by atoms with van der Waals surface area (Å²) in [6, 6.07) is 0. The highest BCUT2D eigenvalue weighted by molar-refractivity contribution is 9.09. The fourth-order valence-corrected chi connectivity index (χ4v) is 3.28. The summed E-state index contributed by atoms with van der Waals surface area (Å²) in [6.45, 7) is 16.8. The number of allylic oxidation sites excluding steroid dienone is 3. The van der Waals surface area contributed by atoms with Gasteiger partial charge in [-0.25, -0.2) is 0 Å².